The number of ether oxygens (including phenoxy) is 1. The molecule has 7 heteroatoms. The number of benzene rings is 1. The molecule has 134 valence electrons. The first kappa shape index (κ1) is 16.4. The molecule has 0 bridgehead atoms. The standard InChI is InChI=1S/C18H25N5O2/c19-18(24)25-15-7-3-6-14-16(15)21-17(13-5-4-8-20-13)23(14)12-11-22-9-1-2-10-22/h3,6-7,13,20H,1-2,4-5,8-12H2,(H2,19,24). The number of carbonyl (C=O) groups is 1. The van der Waals surface area contributed by atoms with Crippen molar-refractivity contribution in [2.45, 2.75) is 38.3 Å². The molecule has 3 N–H and O–H groups in total. The van der Waals surface area contributed by atoms with Crippen LogP contribution in [-0.2, 0) is 6.54 Å². The molecule has 2 aliphatic rings. The van der Waals surface area contributed by atoms with Crippen molar-refractivity contribution in [2.75, 3.05) is 26.2 Å². The number of carbonyl (C=O) groups excluding carboxylic acids is 1. The normalized spacial score (nSPS) is 21.2. The molecule has 1 aromatic carbocycles. The molecule has 3 heterocycles. The first-order valence-corrected chi connectivity index (χ1v) is 9.14. The number of hydrogen-bond donors (Lipinski definition) is 2. The van der Waals surface area contributed by atoms with Crippen molar-refractivity contribution >= 4 is 17.1 Å². The third-order valence-corrected chi connectivity index (χ3v) is 5.19. The highest BCUT2D eigenvalue weighted by molar-refractivity contribution is 5.85. The van der Waals surface area contributed by atoms with Gasteiger partial charge in [0.25, 0.3) is 0 Å². The Balaban J connectivity index is 1.70. The highest BCUT2D eigenvalue weighted by Crippen LogP contribution is 2.31. The number of amides is 1. The summed E-state index contributed by atoms with van der Waals surface area (Å²) < 4.78 is 7.45. The van der Waals surface area contributed by atoms with Gasteiger partial charge in [0.05, 0.1) is 11.6 Å². The molecular formula is C18H25N5O2. The molecule has 0 radical (unpaired) electrons. The average molecular weight is 343 g/mol. The molecule has 4 rings (SSSR count). The van der Waals surface area contributed by atoms with Crippen LogP contribution in [0.2, 0.25) is 0 Å². The van der Waals surface area contributed by atoms with Crippen LogP contribution in [0.25, 0.3) is 11.0 Å². The van der Waals surface area contributed by atoms with E-state index in [1.165, 1.54) is 25.9 Å². The Bertz CT molecular complexity index is 760. The number of rotatable bonds is 5. The van der Waals surface area contributed by atoms with Gasteiger partial charge in [-0.05, 0) is 57.5 Å². The molecule has 0 saturated carbocycles. The van der Waals surface area contributed by atoms with Crippen molar-refractivity contribution in [1.29, 1.82) is 0 Å². The molecule has 1 aromatic heterocycles. The fourth-order valence-electron chi connectivity index (χ4n) is 3.98. The van der Waals surface area contributed by atoms with E-state index in [-0.39, 0.29) is 6.04 Å². The molecule has 1 atom stereocenters. The second-order valence-electron chi connectivity index (χ2n) is 6.86. The van der Waals surface area contributed by atoms with Gasteiger partial charge in [0.2, 0.25) is 0 Å². The highest BCUT2D eigenvalue weighted by Gasteiger charge is 2.25. The van der Waals surface area contributed by atoms with Crippen LogP contribution >= 0.6 is 0 Å². The van der Waals surface area contributed by atoms with Crippen LogP contribution in [0.5, 0.6) is 5.75 Å². The van der Waals surface area contributed by atoms with Gasteiger partial charge in [0, 0.05) is 13.1 Å². The van der Waals surface area contributed by atoms with Crippen molar-refractivity contribution in [3.8, 4) is 5.75 Å². The summed E-state index contributed by atoms with van der Waals surface area (Å²) in [6, 6.07) is 5.93. The lowest BCUT2D eigenvalue weighted by molar-refractivity contribution is 0.211. The number of hydrogen-bond acceptors (Lipinski definition) is 5. The Morgan fingerprint density at radius 1 is 1.28 bits per heavy atom. The van der Waals surface area contributed by atoms with E-state index in [1.807, 2.05) is 12.1 Å². The Morgan fingerprint density at radius 3 is 2.84 bits per heavy atom. The van der Waals surface area contributed by atoms with E-state index in [1.54, 1.807) is 6.07 Å². The predicted octanol–water partition coefficient (Wildman–Crippen LogP) is 2.01. The van der Waals surface area contributed by atoms with Gasteiger partial charge in [-0.3, -0.25) is 0 Å². The molecular weight excluding hydrogens is 318 g/mol. The minimum Gasteiger partial charge on any atom is -0.408 e. The molecule has 1 amide bonds. The maximum absolute atomic E-state index is 11.2. The largest absolute Gasteiger partial charge is 0.410 e. The summed E-state index contributed by atoms with van der Waals surface area (Å²) in [5.74, 6) is 1.47. The molecule has 2 aromatic rings. The first-order valence-electron chi connectivity index (χ1n) is 9.14. The molecule has 0 aliphatic carbocycles. The van der Waals surface area contributed by atoms with Gasteiger partial charge in [-0.15, -0.1) is 0 Å². The zero-order chi connectivity index (χ0) is 17.2. The molecule has 7 nitrogen and oxygen atoms in total. The number of nitrogens with zero attached hydrogens (tertiary/aromatic N) is 3. The van der Waals surface area contributed by atoms with Crippen LogP contribution in [0.15, 0.2) is 18.2 Å². The number of fused-ring (bicyclic) bond motifs is 1. The molecule has 0 spiro atoms. The number of likely N-dealkylation sites (tertiary alicyclic amines) is 1. The molecule has 25 heavy (non-hydrogen) atoms. The van der Waals surface area contributed by atoms with Crippen molar-refractivity contribution < 1.29 is 9.53 Å². The number of nitrogens with two attached hydrogens (primary N) is 1. The van der Waals surface area contributed by atoms with Crippen molar-refractivity contribution in [3.05, 3.63) is 24.0 Å². The number of imidazole rings is 1. The average Bonchev–Trinajstić information content (AvgIpc) is 3.33. The van der Waals surface area contributed by atoms with Gasteiger partial charge in [-0.25, -0.2) is 9.78 Å². The van der Waals surface area contributed by atoms with E-state index in [0.717, 1.165) is 43.8 Å². The smallest absolute Gasteiger partial charge is 0.408 e. The molecule has 2 fully saturated rings. The summed E-state index contributed by atoms with van der Waals surface area (Å²) in [4.78, 5) is 18.5. The first-order chi connectivity index (χ1) is 12.2. The van der Waals surface area contributed by atoms with E-state index >= 15 is 0 Å². The van der Waals surface area contributed by atoms with Crippen LogP contribution in [-0.4, -0.2) is 46.7 Å². The van der Waals surface area contributed by atoms with Crippen molar-refractivity contribution in [1.82, 2.24) is 19.8 Å². The number of primary amides is 1. The van der Waals surface area contributed by atoms with Crippen LogP contribution < -0.4 is 15.8 Å². The molecule has 1 unspecified atom stereocenters. The number of nitrogens with one attached hydrogen (secondary N) is 1. The van der Waals surface area contributed by atoms with Gasteiger partial charge in [-0.2, -0.15) is 0 Å². The summed E-state index contributed by atoms with van der Waals surface area (Å²) in [5.41, 5.74) is 6.92. The third-order valence-electron chi connectivity index (χ3n) is 5.19. The van der Waals surface area contributed by atoms with E-state index < -0.39 is 6.09 Å². The molecule has 2 saturated heterocycles. The van der Waals surface area contributed by atoms with Crippen LogP contribution in [0, 0.1) is 0 Å². The van der Waals surface area contributed by atoms with E-state index in [9.17, 15) is 4.79 Å². The van der Waals surface area contributed by atoms with E-state index in [0.29, 0.717) is 11.3 Å². The van der Waals surface area contributed by atoms with Gasteiger partial charge in [0.15, 0.2) is 5.75 Å². The molecule has 2 aliphatic heterocycles. The quantitative estimate of drug-likeness (QED) is 0.867. The minimum absolute atomic E-state index is 0.257. The fourth-order valence-corrected chi connectivity index (χ4v) is 3.98. The topological polar surface area (TPSA) is 85.4 Å². The second kappa shape index (κ2) is 7.01. The van der Waals surface area contributed by atoms with Crippen LogP contribution in [0.3, 0.4) is 0 Å². The van der Waals surface area contributed by atoms with Gasteiger partial charge in [-0.1, -0.05) is 6.07 Å². The summed E-state index contributed by atoms with van der Waals surface area (Å²) in [6.45, 7) is 5.29. The van der Waals surface area contributed by atoms with Gasteiger partial charge in [0.1, 0.15) is 11.3 Å². The van der Waals surface area contributed by atoms with Crippen LogP contribution in [0.1, 0.15) is 37.5 Å². The lowest BCUT2D eigenvalue weighted by atomic mass is 10.2. The zero-order valence-electron chi connectivity index (χ0n) is 14.4. The maximum atomic E-state index is 11.2. The van der Waals surface area contributed by atoms with Gasteiger partial charge < -0.3 is 25.3 Å². The third kappa shape index (κ3) is 3.34. The zero-order valence-corrected chi connectivity index (χ0v) is 14.4. The highest BCUT2D eigenvalue weighted by atomic mass is 16.5. The monoisotopic (exact) mass is 343 g/mol. The Kier molecular flexibility index (Phi) is 4.59. The number of para-hydroxylation sites is 1. The van der Waals surface area contributed by atoms with Crippen molar-refractivity contribution in [2.24, 2.45) is 5.73 Å². The summed E-state index contributed by atoms with van der Waals surface area (Å²) in [6.07, 6.45) is 4.01. The maximum Gasteiger partial charge on any atom is 0.410 e. The SMILES string of the molecule is NC(=O)Oc1cccc2c1nc(C1CCCN1)n2CCN1CCCC1. The lowest BCUT2D eigenvalue weighted by Gasteiger charge is -2.18. The predicted molar refractivity (Wildman–Crippen MR) is 95.6 cm³/mol. The van der Waals surface area contributed by atoms with Crippen molar-refractivity contribution in [3.63, 3.8) is 0 Å². The van der Waals surface area contributed by atoms with Crippen LogP contribution in [0.4, 0.5) is 4.79 Å². The summed E-state index contributed by atoms with van der Waals surface area (Å²) >= 11 is 0. The number of aromatic nitrogens is 2. The summed E-state index contributed by atoms with van der Waals surface area (Å²) in [7, 11) is 0. The lowest BCUT2D eigenvalue weighted by Crippen LogP contribution is -2.26. The second-order valence-corrected chi connectivity index (χ2v) is 6.86. The Hall–Kier alpha value is -2.12. The Labute approximate surface area is 147 Å². The van der Waals surface area contributed by atoms with Gasteiger partial charge >= 0.3 is 6.09 Å². The van der Waals surface area contributed by atoms with E-state index in [4.69, 9.17) is 15.5 Å². The summed E-state index contributed by atoms with van der Waals surface area (Å²) in [5, 5.41) is 3.53. The Morgan fingerprint density at radius 2 is 2.12 bits per heavy atom. The fraction of sp³-hybridized carbons (Fsp3) is 0.556. The minimum atomic E-state index is -0.806. The van der Waals surface area contributed by atoms with E-state index in [2.05, 4.69) is 14.8 Å².